The summed E-state index contributed by atoms with van der Waals surface area (Å²) in [5, 5.41) is 0. The molecule has 2 heteroatoms. The number of halogens is 1. The van der Waals surface area contributed by atoms with Crippen molar-refractivity contribution < 1.29 is 4.39 Å². The van der Waals surface area contributed by atoms with E-state index in [0.717, 1.165) is 13.1 Å². The van der Waals surface area contributed by atoms with Gasteiger partial charge in [0.1, 0.15) is 5.82 Å². The summed E-state index contributed by atoms with van der Waals surface area (Å²) in [6.07, 6.45) is 8.17. The van der Waals surface area contributed by atoms with Crippen molar-refractivity contribution in [1.82, 2.24) is 0 Å². The Morgan fingerprint density at radius 2 is 1.40 bits per heavy atom. The van der Waals surface area contributed by atoms with E-state index in [4.69, 9.17) is 0 Å². The van der Waals surface area contributed by atoms with Gasteiger partial charge in [0.25, 0.3) is 0 Å². The fraction of sp³-hybridized carbons (Fsp3) is 0.667. The average molecular weight is 275 g/mol. The molecular formula is C18H26FN. The van der Waals surface area contributed by atoms with Gasteiger partial charge in [0.15, 0.2) is 0 Å². The summed E-state index contributed by atoms with van der Waals surface area (Å²) < 4.78 is 13.0. The highest BCUT2D eigenvalue weighted by atomic mass is 19.1. The van der Waals surface area contributed by atoms with Gasteiger partial charge in [-0.1, -0.05) is 13.8 Å². The maximum Gasteiger partial charge on any atom is 0.123 e. The maximum atomic E-state index is 13.0. The van der Waals surface area contributed by atoms with Gasteiger partial charge in [0.05, 0.1) is 0 Å². The molecule has 1 aromatic carbocycles. The van der Waals surface area contributed by atoms with E-state index in [-0.39, 0.29) is 5.82 Å². The van der Waals surface area contributed by atoms with E-state index in [9.17, 15) is 4.39 Å². The molecule has 0 amide bonds. The summed E-state index contributed by atoms with van der Waals surface area (Å²) in [5.74, 6) is -0.142. The number of piperidine rings is 1. The predicted molar refractivity (Wildman–Crippen MR) is 82.5 cm³/mol. The van der Waals surface area contributed by atoms with Crippen molar-refractivity contribution in [2.45, 2.75) is 52.4 Å². The first kappa shape index (κ1) is 13.9. The first-order valence-electron chi connectivity index (χ1n) is 7.99. The molecule has 1 heterocycles. The Bertz CT molecular complexity index is 443. The van der Waals surface area contributed by atoms with Gasteiger partial charge < -0.3 is 4.90 Å². The highest BCUT2D eigenvalue weighted by molar-refractivity contribution is 5.46. The van der Waals surface area contributed by atoms with Crippen LogP contribution in [0.1, 0.15) is 52.4 Å². The molecule has 3 rings (SSSR count). The van der Waals surface area contributed by atoms with E-state index in [1.54, 1.807) is 12.1 Å². The van der Waals surface area contributed by atoms with Crippen molar-refractivity contribution in [3.63, 3.8) is 0 Å². The Kier molecular flexibility index (Phi) is 3.51. The van der Waals surface area contributed by atoms with E-state index in [2.05, 4.69) is 18.7 Å². The normalized spacial score (nSPS) is 24.9. The first-order valence-corrected chi connectivity index (χ1v) is 7.99. The van der Waals surface area contributed by atoms with Crippen LogP contribution in [0.5, 0.6) is 0 Å². The standard InChI is InChI=1S/C18H26FN/c1-17(2)7-9-18(10-8-17)11-13-20(14-12-18)16-5-3-15(19)4-6-16/h3-6H,7-14H2,1-2H3. The zero-order valence-corrected chi connectivity index (χ0v) is 12.8. The third-order valence-corrected chi connectivity index (χ3v) is 5.68. The van der Waals surface area contributed by atoms with Gasteiger partial charge in [-0.3, -0.25) is 0 Å². The van der Waals surface area contributed by atoms with Crippen LogP contribution in [0.4, 0.5) is 10.1 Å². The van der Waals surface area contributed by atoms with E-state index in [1.807, 2.05) is 12.1 Å². The van der Waals surface area contributed by atoms with Gasteiger partial charge in [-0.2, -0.15) is 0 Å². The summed E-state index contributed by atoms with van der Waals surface area (Å²) in [4.78, 5) is 2.42. The quantitative estimate of drug-likeness (QED) is 0.696. The monoisotopic (exact) mass is 275 g/mol. The van der Waals surface area contributed by atoms with Crippen LogP contribution in [0, 0.1) is 16.6 Å². The molecule has 1 saturated carbocycles. The van der Waals surface area contributed by atoms with Crippen molar-refractivity contribution >= 4 is 5.69 Å². The number of anilines is 1. The van der Waals surface area contributed by atoms with E-state index in [1.165, 1.54) is 44.2 Å². The van der Waals surface area contributed by atoms with Crippen LogP contribution >= 0.6 is 0 Å². The molecule has 1 aliphatic carbocycles. The minimum atomic E-state index is -0.142. The summed E-state index contributed by atoms with van der Waals surface area (Å²) in [6.45, 7) is 7.08. The van der Waals surface area contributed by atoms with Crippen molar-refractivity contribution in [1.29, 1.82) is 0 Å². The van der Waals surface area contributed by atoms with Crippen LogP contribution in [0.3, 0.4) is 0 Å². The summed E-state index contributed by atoms with van der Waals surface area (Å²) in [5.41, 5.74) is 2.34. The molecule has 1 spiro atoms. The minimum Gasteiger partial charge on any atom is -0.371 e. The second kappa shape index (κ2) is 5.05. The number of hydrogen-bond donors (Lipinski definition) is 0. The van der Waals surface area contributed by atoms with Crippen LogP contribution < -0.4 is 4.90 Å². The zero-order valence-electron chi connectivity index (χ0n) is 12.8. The number of rotatable bonds is 1. The summed E-state index contributed by atoms with van der Waals surface area (Å²) >= 11 is 0. The summed E-state index contributed by atoms with van der Waals surface area (Å²) in [6, 6.07) is 6.97. The van der Waals surface area contributed by atoms with E-state index < -0.39 is 0 Å². The molecule has 0 unspecified atom stereocenters. The SMILES string of the molecule is CC1(C)CCC2(CCN(c3ccc(F)cc3)CC2)CC1. The van der Waals surface area contributed by atoms with Crippen molar-refractivity contribution in [3.8, 4) is 0 Å². The Hall–Kier alpha value is -1.05. The summed E-state index contributed by atoms with van der Waals surface area (Å²) in [7, 11) is 0. The average Bonchev–Trinajstić information content (AvgIpc) is 2.45. The molecule has 0 aromatic heterocycles. The Labute approximate surface area is 122 Å². The van der Waals surface area contributed by atoms with Crippen molar-refractivity contribution in [3.05, 3.63) is 30.1 Å². The lowest BCUT2D eigenvalue weighted by atomic mass is 9.61. The molecule has 0 atom stereocenters. The van der Waals surface area contributed by atoms with Gasteiger partial charge in [-0.25, -0.2) is 4.39 Å². The highest BCUT2D eigenvalue weighted by Crippen LogP contribution is 2.50. The molecule has 1 saturated heterocycles. The van der Waals surface area contributed by atoms with Crippen molar-refractivity contribution in [2.24, 2.45) is 10.8 Å². The first-order chi connectivity index (χ1) is 9.48. The van der Waals surface area contributed by atoms with Gasteiger partial charge in [-0.15, -0.1) is 0 Å². The fourth-order valence-electron chi connectivity index (χ4n) is 3.85. The third-order valence-electron chi connectivity index (χ3n) is 5.68. The number of benzene rings is 1. The molecule has 0 N–H and O–H groups in total. The Morgan fingerprint density at radius 3 is 1.95 bits per heavy atom. The molecular weight excluding hydrogens is 249 g/mol. The molecule has 1 aromatic rings. The highest BCUT2D eigenvalue weighted by Gasteiger charge is 2.40. The van der Waals surface area contributed by atoms with Crippen LogP contribution in [0.2, 0.25) is 0 Å². The topological polar surface area (TPSA) is 3.24 Å². The van der Waals surface area contributed by atoms with Crippen LogP contribution in [-0.2, 0) is 0 Å². The molecule has 0 radical (unpaired) electrons. The van der Waals surface area contributed by atoms with Gasteiger partial charge in [0.2, 0.25) is 0 Å². The third kappa shape index (κ3) is 2.84. The fourth-order valence-corrected chi connectivity index (χ4v) is 3.85. The molecule has 1 nitrogen and oxygen atoms in total. The van der Waals surface area contributed by atoms with Crippen molar-refractivity contribution in [2.75, 3.05) is 18.0 Å². The molecule has 0 bridgehead atoms. The predicted octanol–water partition coefficient (Wildman–Crippen LogP) is 5.01. The number of hydrogen-bond acceptors (Lipinski definition) is 1. The van der Waals surface area contributed by atoms with E-state index in [0.29, 0.717) is 10.8 Å². The lowest BCUT2D eigenvalue weighted by molar-refractivity contribution is 0.0767. The van der Waals surface area contributed by atoms with Crippen LogP contribution in [0.15, 0.2) is 24.3 Å². The minimum absolute atomic E-state index is 0.142. The van der Waals surface area contributed by atoms with Crippen LogP contribution in [-0.4, -0.2) is 13.1 Å². The maximum absolute atomic E-state index is 13.0. The lowest BCUT2D eigenvalue weighted by Crippen LogP contribution is -2.43. The van der Waals surface area contributed by atoms with E-state index >= 15 is 0 Å². The number of nitrogens with zero attached hydrogens (tertiary/aromatic N) is 1. The Morgan fingerprint density at radius 1 is 0.850 bits per heavy atom. The lowest BCUT2D eigenvalue weighted by Gasteiger charge is -2.48. The molecule has 2 aliphatic rings. The largest absolute Gasteiger partial charge is 0.371 e. The van der Waals surface area contributed by atoms with Crippen LogP contribution in [0.25, 0.3) is 0 Å². The molecule has 1 aliphatic heterocycles. The smallest absolute Gasteiger partial charge is 0.123 e. The molecule has 110 valence electrons. The molecule has 20 heavy (non-hydrogen) atoms. The van der Waals surface area contributed by atoms with Gasteiger partial charge >= 0.3 is 0 Å². The van der Waals surface area contributed by atoms with Gasteiger partial charge in [-0.05, 0) is 73.6 Å². The second-order valence-corrected chi connectivity index (χ2v) is 7.63. The molecule has 2 fully saturated rings. The zero-order chi connectivity index (χ0) is 14.2. The van der Waals surface area contributed by atoms with Gasteiger partial charge in [0, 0.05) is 18.8 Å². The Balaban J connectivity index is 1.61. The second-order valence-electron chi connectivity index (χ2n) is 7.63.